The lowest BCUT2D eigenvalue weighted by molar-refractivity contribution is 0.0947. The van der Waals surface area contributed by atoms with Gasteiger partial charge in [0.05, 0.1) is 0 Å². The number of nitrogens with one attached hydrogen (secondary N) is 2. The van der Waals surface area contributed by atoms with Crippen molar-refractivity contribution in [2.24, 2.45) is 7.05 Å². The topological polar surface area (TPSA) is 66.9 Å². The minimum atomic E-state index is -0.148. The summed E-state index contributed by atoms with van der Waals surface area (Å²) in [5.41, 5.74) is 1.82. The van der Waals surface area contributed by atoms with E-state index in [1.54, 1.807) is 11.6 Å². The van der Waals surface area contributed by atoms with Gasteiger partial charge in [-0.3, -0.25) is 9.59 Å². The molecule has 0 aromatic carbocycles. The molecular weight excluding hydrogens is 314 g/mol. The minimum Gasteiger partial charge on any atom is -0.348 e. The second-order valence-electron chi connectivity index (χ2n) is 7.18. The Balaban J connectivity index is 1.89. The van der Waals surface area contributed by atoms with E-state index in [9.17, 15) is 9.59 Å². The predicted octanol–water partition coefficient (Wildman–Crippen LogP) is 2.92. The van der Waals surface area contributed by atoms with Gasteiger partial charge in [-0.2, -0.15) is 0 Å². The first-order valence-corrected chi connectivity index (χ1v) is 8.92. The van der Waals surface area contributed by atoms with Gasteiger partial charge in [-0.15, -0.1) is 0 Å². The van der Waals surface area contributed by atoms with Crippen molar-refractivity contribution >= 4 is 16.8 Å². The number of carbonyl (C=O) groups excluding carboxylic acids is 1. The summed E-state index contributed by atoms with van der Waals surface area (Å²) in [6, 6.07) is 2.13. The molecule has 2 aromatic rings. The van der Waals surface area contributed by atoms with E-state index in [4.69, 9.17) is 0 Å². The van der Waals surface area contributed by atoms with Gasteiger partial charge in [0, 0.05) is 30.1 Å². The highest BCUT2D eigenvalue weighted by Gasteiger charge is 2.32. The molecule has 4 rings (SSSR count). The number of hydrogen-bond acceptors (Lipinski definition) is 2. The van der Waals surface area contributed by atoms with Gasteiger partial charge in [0.15, 0.2) is 0 Å². The number of pyridine rings is 1. The fourth-order valence-corrected chi connectivity index (χ4v) is 3.66. The molecule has 0 spiro atoms. The molecule has 2 aromatic heterocycles. The van der Waals surface area contributed by atoms with Gasteiger partial charge in [0.25, 0.3) is 11.5 Å². The van der Waals surface area contributed by atoms with Crippen LogP contribution in [0.4, 0.5) is 0 Å². The number of carbonyl (C=O) groups is 1. The van der Waals surface area contributed by atoms with Crippen LogP contribution in [0.3, 0.4) is 0 Å². The van der Waals surface area contributed by atoms with Gasteiger partial charge >= 0.3 is 0 Å². The van der Waals surface area contributed by atoms with Crippen molar-refractivity contribution in [1.82, 2.24) is 14.9 Å². The van der Waals surface area contributed by atoms with Crippen molar-refractivity contribution in [3.05, 3.63) is 58.2 Å². The van der Waals surface area contributed by atoms with Crippen molar-refractivity contribution < 1.29 is 4.79 Å². The SMILES string of the molecule is CCC1(c2cn(C)c(=O)c3[nH]c(C(=O)NC4CC4)cc23)C=CC=CC1. The normalized spacial score (nSPS) is 22.5. The Hall–Kier alpha value is -2.56. The Morgan fingerprint density at radius 1 is 1.40 bits per heavy atom. The second-order valence-corrected chi connectivity index (χ2v) is 7.18. The van der Waals surface area contributed by atoms with Gasteiger partial charge < -0.3 is 14.9 Å². The molecule has 0 saturated heterocycles. The van der Waals surface area contributed by atoms with Crippen LogP contribution < -0.4 is 10.9 Å². The van der Waals surface area contributed by atoms with Crippen LogP contribution >= 0.6 is 0 Å². The number of aryl methyl sites for hydroxylation is 1. The molecule has 25 heavy (non-hydrogen) atoms. The molecule has 0 bridgehead atoms. The average molecular weight is 337 g/mol. The Bertz CT molecular complexity index is 959. The van der Waals surface area contributed by atoms with Gasteiger partial charge in [-0.1, -0.05) is 31.2 Å². The zero-order valence-corrected chi connectivity index (χ0v) is 14.6. The van der Waals surface area contributed by atoms with Crippen molar-refractivity contribution in [2.75, 3.05) is 0 Å². The molecule has 1 fully saturated rings. The molecule has 1 amide bonds. The lowest BCUT2D eigenvalue weighted by Crippen LogP contribution is -2.27. The Morgan fingerprint density at radius 2 is 2.20 bits per heavy atom. The molecule has 1 unspecified atom stereocenters. The molecule has 0 radical (unpaired) electrons. The van der Waals surface area contributed by atoms with E-state index in [-0.39, 0.29) is 22.9 Å². The zero-order chi connectivity index (χ0) is 17.6. The van der Waals surface area contributed by atoms with E-state index in [0.29, 0.717) is 11.2 Å². The van der Waals surface area contributed by atoms with Gasteiger partial charge in [-0.25, -0.2) is 0 Å². The first-order valence-electron chi connectivity index (χ1n) is 8.92. The number of aromatic nitrogens is 2. The summed E-state index contributed by atoms with van der Waals surface area (Å²) in [6.45, 7) is 2.16. The van der Waals surface area contributed by atoms with Crippen LogP contribution in [0.15, 0.2) is 41.4 Å². The maximum Gasteiger partial charge on any atom is 0.274 e. The standard InChI is InChI=1S/C20H23N3O2/c1-3-20(9-5-4-6-10-20)15-12-23(2)19(25)17-14(15)11-16(22-17)18(24)21-13-7-8-13/h4-6,9,11-13,22H,3,7-8,10H2,1-2H3,(H,21,24). The first-order chi connectivity index (χ1) is 12.0. The van der Waals surface area contributed by atoms with E-state index < -0.39 is 0 Å². The Labute approximate surface area is 146 Å². The summed E-state index contributed by atoms with van der Waals surface area (Å²) in [6.07, 6.45) is 14.3. The molecule has 2 aliphatic rings. The summed E-state index contributed by atoms with van der Waals surface area (Å²) in [7, 11) is 1.77. The summed E-state index contributed by atoms with van der Waals surface area (Å²) in [5, 5.41) is 3.84. The number of amides is 1. The van der Waals surface area contributed by atoms with Crippen molar-refractivity contribution in [3.8, 4) is 0 Å². The molecule has 2 aliphatic carbocycles. The maximum absolute atomic E-state index is 12.6. The predicted molar refractivity (Wildman–Crippen MR) is 98.9 cm³/mol. The third kappa shape index (κ3) is 2.64. The average Bonchev–Trinajstić information content (AvgIpc) is 3.32. The van der Waals surface area contributed by atoms with Crippen molar-refractivity contribution in [2.45, 2.75) is 44.1 Å². The molecule has 1 atom stereocenters. The number of hydrogen-bond donors (Lipinski definition) is 2. The number of fused-ring (bicyclic) bond motifs is 1. The number of aromatic amines is 1. The van der Waals surface area contributed by atoms with Crippen LogP contribution in [0.5, 0.6) is 0 Å². The summed E-state index contributed by atoms with van der Waals surface area (Å²) < 4.78 is 1.61. The van der Waals surface area contributed by atoms with E-state index in [1.165, 1.54) is 0 Å². The van der Waals surface area contributed by atoms with Crippen LogP contribution in [0.25, 0.3) is 10.9 Å². The summed E-state index contributed by atoms with van der Waals surface area (Å²) in [4.78, 5) is 28.1. The van der Waals surface area contributed by atoms with Crippen LogP contribution in [0.2, 0.25) is 0 Å². The molecule has 5 heteroatoms. The molecule has 5 nitrogen and oxygen atoms in total. The van der Waals surface area contributed by atoms with E-state index >= 15 is 0 Å². The van der Waals surface area contributed by atoms with E-state index in [2.05, 4.69) is 41.5 Å². The van der Waals surface area contributed by atoms with Crippen molar-refractivity contribution in [1.29, 1.82) is 0 Å². The summed E-state index contributed by atoms with van der Waals surface area (Å²) >= 11 is 0. The quantitative estimate of drug-likeness (QED) is 0.901. The smallest absolute Gasteiger partial charge is 0.274 e. The molecule has 2 heterocycles. The third-order valence-corrected chi connectivity index (χ3v) is 5.43. The third-order valence-electron chi connectivity index (χ3n) is 5.43. The number of rotatable bonds is 4. The molecular formula is C20H23N3O2. The fourth-order valence-electron chi connectivity index (χ4n) is 3.66. The number of H-pyrrole nitrogens is 1. The molecule has 2 N–H and O–H groups in total. The van der Waals surface area contributed by atoms with Gasteiger partial charge in [0.1, 0.15) is 11.2 Å². The van der Waals surface area contributed by atoms with E-state index in [0.717, 1.165) is 36.6 Å². The van der Waals surface area contributed by atoms with E-state index in [1.807, 2.05) is 12.3 Å². The maximum atomic E-state index is 12.6. The number of nitrogens with zero attached hydrogens (tertiary/aromatic N) is 1. The highest BCUT2D eigenvalue weighted by molar-refractivity contribution is 5.99. The zero-order valence-electron chi connectivity index (χ0n) is 14.6. The van der Waals surface area contributed by atoms with Gasteiger partial charge in [-0.05, 0) is 37.3 Å². The van der Waals surface area contributed by atoms with Crippen molar-refractivity contribution in [3.63, 3.8) is 0 Å². The van der Waals surface area contributed by atoms with Crippen LogP contribution in [-0.4, -0.2) is 21.5 Å². The first kappa shape index (κ1) is 15.9. The molecule has 0 aliphatic heterocycles. The number of allylic oxidation sites excluding steroid dienone is 4. The second kappa shape index (κ2) is 5.76. The largest absolute Gasteiger partial charge is 0.348 e. The lowest BCUT2D eigenvalue weighted by Gasteiger charge is -2.31. The fraction of sp³-hybridized carbons (Fsp3) is 0.400. The van der Waals surface area contributed by atoms with Crippen LogP contribution in [0, 0.1) is 0 Å². The Morgan fingerprint density at radius 3 is 2.84 bits per heavy atom. The van der Waals surface area contributed by atoms with Gasteiger partial charge in [0.2, 0.25) is 0 Å². The molecule has 1 saturated carbocycles. The highest BCUT2D eigenvalue weighted by Crippen LogP contribution is 2.39. The van der Waals surface area contributed by atoms with Crippen LogP contribution in [-0.2, 0) is 12.5 Å². The lowest BCUT2D eigenvalue weighted by atomic mass is 9.73. The Kier molecular flexibility index (Phi) is 3.67. The van der Waals surface area contributed by atoms with Crippen LogP contribution in [0.1, 0.15) is 48.7 Å². The summed E-state index contributed by atoms with van der Waals surface area (Å²) in [5.74, 6) is -0.128. The minimum absolute atomic E-state index is 0.106. The monoisotopic (exact) mass is 337 g/mol. The highest BCUT2D eigenvalue weighted by atomic mass is 16.2. The molecule has 130 valence electrons.